The summed E-state index contributed by atoms with van der Waals surface area (Å²) in [6.45, 7) is 0. The number of nitrogens with one attached hydrogen (secondary N) is 1. The molecule has 3 rings (SSSR count). The standard InChI is InChI=1S/C10H3Cl2F3N4/c11-3-1-4(12)6-5(2-3)16-7-8(17-6)19-9(18-7)10(13,14)15/h1-2H,(H,16,17,18,19). The Morgan fingerprint density at radius 1 is 1.05 bits per heavy atom. The molecule has 0 radical (unpaired) electrons. The Hall–Kier alpha value is -1.60. The van der Waals surface area contributed by atoms with Gasteiger partial charge < -0.3 is 4.98 Å². The van der Waals surface area contributed by atoms with E-state index in [2.05, 4.69) is 19.9 Å². The third kappa shape index (κ3) is 2.08. The summed E-state index contributed by atoms with van der Waals surface area (Å²) in [5.41, 5.74) is 0.323. The molecule has 0 aliphatic heterocycles. The zero-order valence-corrected chi connectivity index (χ0v) is 10.4. The Balaban J connectivity index is 2.35. The summed E-state index contributed by atoms with van der Waals surface area (Å²) in [5, 5.41) is 0.523. The predicted octanol–water partition coefficient (Wildman–Crippen LogP) is 3.83. The van der Waals surface area contributed by atoms with Gasteiger partial charge >= 0.3 is 6.18 Å². The van der Waals surface area contributed by atoms with Gasteiger partial charge in [-0.25, -0.2) is 15.0 Å². The summed E-state index contributed by atoms with van der Waals surface area (Å²) in [7, 11) is 0. The predicted molar refractivity (Wildman–Crippen MR) is 64.2 cm³/mol. The maximum Gasteiger partial charge on any atom is 0.449 e. The molecule has 0 aliphatic carbocycles. The number of rotatable bonds is 0. The number of aromatic nitrogens is 4. The van der Waals surface area contributed by atoms with Gasteiger partial charge in [0.1, 0.15) is 5.52 Å². The highest BCUT2D eigenvalue weighted by Gasteiger charge is 2.35. The van der Waals surface area contributed by atoms with Crippen molar-refractivity contribution in [3.8, 4) is 0 Å². The van der Waals surface area contributed by atoms with E-state index in [0.717, 1.165) is 0 Å². The monoisotopic (exact) mass is 306 g/mol. The Morgan fingerprint density at radius 3 is 2.47 bits per heavy atom. The Labute approximate surface area is 113 Å². The van der Waals surface area contributed by atoms with Crippen molar-refractivity contribution in [2.45, 2.75) is 6.18 Å². The Bertz CT molecular complexity index is 797. The lowest BCUT2D eigenvalue weighted by molar-refractivity contribution is -0.144. The minimum atomic E-state index is -4.59. The normalized spacial score (nSPS) is 12.5. The Kier molecular flexibility index (Phi) is 2.58. The lowest BCUT2D eigenvalue weighted by Gasteiger charge is -1.99. The number of fused-ring (bicyclic) bond motifs is 2. The first-order chi connectivity index (χ1) is 8.84. The topological polar surface area (TPSA) is 54.5 Å². The first kappa shape index (κ1) is 12.4. The van der Waals surface area contributed by atoms with Crippen LogP contribution in [0.2, 0.25) is 10.0 Å². The molecule has 3 aromatic rings. The summed E-state index contributed by atoms with van der Waals surface area (Å²) >= 11 is 11.7. The van der Waals surface area contributed by atoms with E-state index in [1.54, 1.807) is 0 Å². The summed E-state index contributed by atoms with van der Waals surface area (Å²) < 4.78 is 37.6. The van der Waals surface area contributed by atoms with Crippen molar-refractivity contribution in [3.05, 3.63) is 28.0 Å². The van der Waals surface area contributed by atoms with Crippen LogP contribution in [0.4, 0.5) is 13.2 Å². The van der Waals surface area contributed by atoms with Crippen LogP contribution in [0.15, 0.2) is 12.1 Å². The SMILES string of the molecule is FC(F)(F)c1nc2nc3c(Cl)cc(Cl)cc3nc2[nH]1. The summed E-state index contributed by atoms with van der Waals surface area (Å²) in [4.78, 5) is 13.4. The summed E-state index contributed by atoms with van der Waals surface area (Å²) in [5.74, 6) is -1.15. The molecule has 19 heavy (non-hydrogen) atoms. The van der Waals surface area contributed by atoms with E-state index in [1.165, 1.54) is 12.1 Å². The molecule has 0 bridgehead atoms. The van der Waals surface area contributed by atoms with E-state index in [0.29, 0.717) is 10.5 Å². The third-order valence-corrected chi connectivity index (χ3v) is 2.90. The molecule has 0 atom stereocenters. The third-order valence-electron chi connectivity index (χ3n) is 2.39. The van der Waals surface area contributed by atoms with Crippen molar-refractivity contribution in [2.75, 3.05) is 0 Å². The number of benzene rings is 1. The molecule has 0 spiro atoms. The summed E-state index contributed by atoms with van der Waals surface area (Å²) in [6.07, 6.45) is -4.59. The largest absolute Gasteiger partial charge is 0.449 e. The summed E-state index contributed by atoms with van der Waals surface area (Å²) in [6, 6.07) is 2.90. The van der Waals surface area contributed by atoms with Gasteiger partial charge in [0.05, 0.1) is 10.5 Å². The second-order valence-electron chi connectivity index (χ2n) is 3.73. The first-order valence-electron chi connectivity index (χ1n) is 4.94. The number of hydrogen-bond donors (Lipinski definition) is 1. The molecule has 0 amide bonds. The molecule has 98 valence electrons. The average molecular weight is 307 g/mol. The van der Waals surface area contributed by atoms with Crippen molar-refractivity contribution >= 4 is 45.5 Å². The van der Waals surface area contributed by atoms with E-state index in [4.69, 9.17) is 23.2 Å². The van der Waals surface area contributed by atoms with Crippen LogP contribution in [0.1, 0.15) is 5.82 Å². The van der Waals surface area contributed by atoms with Gasteiger partial charge in [0.25, 0.3) is 0 Å². The maximum atomic E-state index is 12.5. The van der Waals surface area contributed by atoms with Crippen molar-refractivity contribution in [2.24, 2.45) is 0 Å². The van der Waals surface area contributed by atoms with Crippen LogP contribution in [-0.4, -0.2) is 19.9 Å². The van der Waals surface area contributed by atoms with Gasteiger partial charge in [0.2, 0.25) is 5.82 Å². The molecule has 0 saturated heterocycles. The van der Waals surface area contributed by atoms with Crippen molar-refractivity contribution in [3.63, 3.8) is 0 Å². The highest BCUT2D eigenvalue weighted by Crippen LogP contribution is 2.30. The average Bonchev–Trinajstić information content (AvgIpc) is 2.68. The van der Waals surface area contributed by atoms with E-state index >= 15 is 0 Å². The molecular weight excluding hydrogens is 304 g/mol. The van der Waals surface area contributed by atoms with Crippen LogP contribution in [0.25, 0.3) is 22.3 Å². The minimum absolute atomic E-state index is 0.0711. The van der Waals surface area contributed by atoms with Crippen molar-refractivity contribution in [1.82, 2.24) is 19.9 Å². The molecular formula is C10H3Cl2F3N4. The highest BCUT2D eigenvalue weighted by molar-refractivity contribution is 6.38. The van der Waals surface area contributed by atoms with Crippen LogP contribution in [-0.2, 0) is 6.18 Å². The number of aromatic amines is 1. The smallest absolute Gasteiger partial charge is 0.318 e. The molecule has 1 N–H and O–H groups in total. The highest BCUT2D eigenvalue weighted by atomic mass is 35.5. The van der Waals surface area contributed by atoms with Gasteiger partial charge in [-0.05, 0) is 12.1 Å². The van der Waals surface area contributed by atoms with E-state index in [-0.39, 0.29) is 21.8 Å². The molecule has 9 heteroatoms. The number of halogens is 5. The number of imidazole rings is 1. The fourth-order valence-electron chi connectivity index (χ4n) is 1.62. The van der Waals surface area contributed by atoms with Gasteiger partial charge in [-0.3, -0.25) is 0 Å². The Morgan fingerprint density at radius 2 is 1.79 bits per heavy atom. The first-order valence-corrected chi connectivity index (χ1v) is 5.70. The van der Waals surface area contributed by atoms with Gasteiger partial charge in [-0.2, -0.15) is 13.2 Å². The number of hydrogen-bond acceptors (Lipinski definition) is 3. The van der Waals surface area contributed by atoms with Gasteiger partial charge in [-0.1, -0.05) is 23.2 Å². The van der Waals surface area contributed by atoms with Crippen LogP contribution >= 0.6 is 23.2 Å². The lowest BCUT2D eigenvalue weighted by Crippen LogP contribution is -2.06. The van der Waals surface area contributed by atoms with Crippen molar-refractivity contribution < 1.29 is 13.2 Å². The fourth-order valence-corrected chi connectivity index (χ4v) is 2.14. The fraction of sp³-hybridized carbons (Fsp3) is 0.100. The second-order valence-corrected chi connectivity index (χ2v) is 4.58. The number of alkyl halides is 3. The van der Waals surface area contributed by atoms with Gasteiger partial charge in [0, 0.05) is 5.02 Å². The van der Waals surface area contributed by atoms with Crippen LogP contribution in [0.3, 0.4) is 0 Å². The van der Waals surface area contributed by atoms with Crippen LogP contribution in [0.5, 0.6) is 0 Å². The maximum absolute atomic E-state index is 12.5. The molecule has 2 heterocycles. The van der Waals surface area contributed by atoms with Gasteiger partial charge in [0.15, 0.2) is 11.3 Å². The molecule has 2 aromatic heterocycles. The molecule has 0 aliphatic rings. The second kappa shape index (κ2) is 3.94. The quantitative estimate of drug-likeness (QED) is 0.686. The zero-order chi connectivity index (χ0) is 13.8. The van der Waals surface area contributed by atoms with Crippen LogP contribution < -0.4 is 0 Å². The van der Waals surface area contributed by atoms with Gasteiger partial charge in [-0.15, -0.1) is 0 Å². The molecule has 0 fully saturated rings. The van der Waals surface area contributed by atoms with Crippen LogP contribution in [0, 0.1) is 0 Å². The molecule has 0 saturated carbocycles. The molecule has 0 unspecified atom stereocenters. The van der Waals surface area contributed by atoms with E-state index < -0.39 is 12.0 Å². The number of nitrogens with zero attached hydrogens (tertiary/aromatic N) is 3. The van der Waals surface area contributed by atoms with E-state index in [9.17, 15) is 13.2 Å². The zero-order valence-electron chi connectivity index (χ0n) is 8.89. The molecule has 1 aromatic carbocycles. The molecule has 4 nitrogen and oxygen atoms in total. The minimum Gasteiger partial charge on any atom is -0.318 e. The lowest BCUT2D eigenvalue weighted by atomic mass is 10.3. The van der Waals surface area contributed by atoms with E-state index in [1.807, 2.05) is 0 Å². The van der Waals surface area contributed by atoms with Crippen molar-refractivity contribution in [1.29, 1.82) is 0 Å². The number of H-pyrrole nitrogens is 1.